The van der Waals surface area contributed by atoms with E-state index in [4.69, 9.17) is 27.9 Å². The minimum Gasteiger partial charge on any atom is -0.497 e. The van der Waals surface area contributed by atoms with Crippen molar-refractivity contribution in [2.24, 2.45) is 5.41 Å². The lowest BCUT2D eigenvalue weighted by Crippen LogP contribution is -1.96. The molecule has 0 radical (unpaired) electrons. The topological polar surface area (TPSA) is 9.23 Å². The Bertz CT molecular complexity index is 354. The average molecular weight is 245 g/mol. The molecule has 1 unspecified atom stereocenters. The van der Waals surface area contributed by atoms with Gasteiger partial charge in [0.25, 0.3) is 0 Å². The first-order chi connectivity index (χ1) is 6.91. The highest BCUT2D eigenvalue weighted by molar-refractivity contribution is 6.52. The summed E-state index contributed by atoms with van der Waals surface area (Å²) in [6.07, 6.45) is 0. The van der Waals surface area contributed by atoms with E-state index in [2.05, 4.69) is 13.8 Å². The van der Waals surface area contributed by atoms with E-state index >= 15 is 0 Å². The van der Waals surface area contributed by atoms with Crippen LogP contribution in [0.1, 0.15) is 25.3 Å². The molecule has 1 aromatic carbocycles. The van der Waals surface area contributed by atoms with Crippen molar-refractivity contribution in [1.29, 1.82) is 0 Å². The van der Waals surface area contributed by atoms with Crippen LogP contribution in [0.5, 0.6) is 5.75 Å². The van der Waals surface area contributed by atoms with Crippen LogP contribution in [-0.4, -0.2) is 11.4 Å². The van der Waals surface area contributed by atoms with Gasteiger partial charge in [0, 0.05) is 11.3 Å². The second kappa shape index (κ2) is 3.29. The summed E-state index contributed by atoms with van der Waals surface area (Å²) in [5.41, 5.74) is 1.12. The molecule has 15 heavy (non-hydrogen) atoms. The Kier molecular flexibility index (Phi) is 2.44. The summed E-state index contributed by atoms with van der Waals surface area (Å²) in [7, 11) is 1.66. The van der Waals surface area contributed by atoms with Crippen molar-refractivity contribution in [3.05, 3.63) is 29.8 Å². The number of hydrogen-bond acceptors (Lipinski definition) is 1. The molecule has 0 aliphatic heterocycles. The molecule has 0 N–H and O–H groups in total. The number of benzene rings is 1. The Morgan fingerprint density at radius 2 is 1.60 bits per heavy atom. The van der Waals surface area contributed by atoms with Gasteiger partial charge in [-0.05, 0) is 17.7 Å². The molecule has 1 nitrogen and oxygen atoms in total. The predicted molar refractivity (Wildman–Crippen MR) is 64.0 cm³/mol. The van der Waals surface area contributed by atoms with Crippen LogP contribution in [0.2, 0.25) is 0 Å². The number of methoxy groups -OCH3 is 1. The van der Waals surface area contributed by atoms with E-state index in [0.29, 0.717) is 0 Å². The van der Waals surface area contributed by atoms with Gasteiger partial charge in [-0.15, -0.1) is 23.2 Å². The van der Waals surface area contributed by atoms with E-state index in [9.17, 15) is 0 Å². The average Bonchev–Trinajstić information content (AvgIpc) is 2.58. The lowest BCUT2D eigenvalue weighted by atomic mass is 10.0. The molecular formula is C12H14Cl2O. The molecule has 0 bridgehead atoms. The Balaban J connectivity index is 2.26. The third-order valence-corrected chi connectivity index (χ3v) is 4.72. The summed E-state index contributed by atoms with van der Waals surface area (Å²) in [4.78, 5) is 0. The van der Waals surface area contributed by atoms with Gasteiger partial charge in [-0.25, -0.2) is 0 Å². The Morgan fingerprint density at radius 3 is 1.93 bits per heavy atom. The minimum atomic E-state index is -0.637. The SMILES string of the molecule is COc1ccc(C2C(C)(C)C2(Cl)Cl)cc1. The van der Waals surface area contributed by atoms with E-state index in [1.807, 2.05) is 24.3 Å². The van der Waals surface area contributed by atoms with E-state index < -0.39 is 4.33 Å². The molecule has 0 saturated heterocycles. The third kappa shape index (κ3) is 1.53. The first-order valence-corrected chi connectivity index (χ1v) is 5.68. The van der Waals surface area contributed by atoms with Gasteiger partial charge in [-0.1, -0.05) is 26.0 Å². The van der Waals surface area contributed by atoms with Crippen molar-refractivity contribution in [2.75, 3.05) is 7.11 Å². The van der Waals surface area contributed by atoms with Crippen LogP contribution in [0.15, 0.2) is 24.3 Å². The maximum absolute atomic E-state index is 6.24. The second-order valence-corrected chi connectivity index (χ2v) is 5.94. The highest BCUT2D eigenvalue weighted by Crippen LogP contribution is 2.73. The third-order valence-electron chi connectivity index (χ3n) is 3.31. The lowest BCUT2D eigenvalue weighted by molar-refractivity contribution is 0.414. The van der Waals surface area contributed by atoms with Gasteiger partial charge in [-0.2, -0.15) is 0 Å². The number of hydrogen-bond donors (Lipinski definition) is 0. The van der Waals surface area contributed by atoms with Crippen LogP contribution in [0.25, 0.3) is 0 Å². The number of ether oxygens (including phenoxy) is 1. The van der Waals surface area contributed by atoms with Crippen molar-refractivity contribution in [3.8, 4) is 5.75 Å². The minimum absolute atomic E-state index is 0.0509. The lowest BCUT2D eigenvalue weighted by Gasteiger charge is -2.03. The fourth-order valence-electron chi connectivity index (χ4n) is 2.08. The van der Waals surface area contributed by atoms with Crippen LogP contribution in [-0.2, 0) is 0 Å². The van der Waals surface area contributed by atoms with E-state index in [1.165, 1.54) is 5.56 Å². The zero-order valence-corrected chi connectivity index (χ0v) is 10.6. The van der Waals surface area contributed by atoms with Crippen LogP contribution in [0.4, 0.5) is 0 Å². The fraction of sp³-hybridized carbons (Fsp3) is 0.500. The molecule has 1 aliphatic rings. The van der Waals surface area contributed by atoms with Gasteiger partial charge in [0.2, 0.25) is 0 Å². The number of alkyl halides is 2. The second-order valence-electron chi connectivity index (χ2n) is 4.55. The quantitative estimate of drug-likeness (QED) is 0.716. The zero-order chi connectivity index (χ0) is 11.3. The van der Waals surface area contributed by atoms with E-state index in [1.54, 1.807) is 7.11 Å². The monoisotopic (exact) mass is 244 g/mol. The molecular weight excluding hydrogens is 231 g/mol. The smallest absolute Gasteiger partial charge is 0.131 e. The first kappa shape index (κ1) is 11.1. The van der Waals surface area contributed by atoms with Gasteiger partial charge in [-0.3, -0.25) is 0 Å². The molecule has 1 saturated carbocycles. The summed E-state index contributed by atoms with van der Waals surface area (Å²) in [6.45, 7) is 4.17. The van der Waals surface area contributed by atoms with E-state index in [-0.39, 0.29) is 11.3 Å². The molecule has 1 aliphatic carbocycles. The largest absolute Gasteiger partial charge is 0.497 e. The van der Waals surface area contributed by atoms with Crippen molar-refractivity contribution in [2.45, 2.75) is 24.1 Å². The van der Waals surface area contributed by atoms with Crippen molar-refractivity contribution in [3.63, 3.8) is 0 Å². The summed E-state index contributed by atoms with van der Waals surface area (Å²) < 4.78 is 4.47. The molecule has 0 amide bonds. The summed E-state index contributed by atoms with van der Waals surface area (Å²) in [6, 6.07) is 7.93. The normalized spacial score (nSPS) is 26.1. The Hall–Kier alpha value is -0.400. The summed E-state index contributed by atoms with van der Waals surface area (Å²) in [5.74, 6) is 1.06. The zero-order valence-electron chi connectivity index (χ0n) is 9.05. The van der Waals surface area contributed by atoms with Gasteiger partial charge in [0.1, 0.15) is 10.1 Å². The highest BCUT2D eigenvalue weighted by Gasteiger charge is 2.70. The maximum atomic E-state index is 6.24. The number of halogens is 2. The molecule has 0 aromatic heterocycles. The summed E-state index contributed by atoms with van der Waals surface area (Å²) >= 11 is 12.5. The van der Waals surface area contributed by atoms with Crippen LogP contribution >= 0.6 is 23.2 Å². The molecule has 0 heterocycles. The Morgan fingerprint density at radius 1 is 1.13 bits per heavy atom. The maximum Gasteiger partial charge on any atom is 0.131 e. The standard InChI is InChI=1S/C12H14Cl2O/c1-11(2)10(12(11,13)14)8-4-6-9(15-3)7-5-8/h4-7,10H,1-3H3. The van der Waals surface area contributed by atoms with Crippen LogP contribution in [0, 0.1) is 5.41 Å². The molecule has 2 rings (SSSR count). The van der Waals surface area contributed by atoms with Gasteiger partial charge in [0.05, 0.1) is 7.11 Å². The van der Waals surface area contributed by atoms with Crippen LogP contribution in [0.3, 0.4) is 0 Å². The van der Waals surface area contributed by atoms with Crippen molar-refractivity contribution in [1.82, 2.24) is 0 Å². The van der Waals surface area contributed by atoms with Gasteiger partial charge < -0.3 is 4.74 Å². The molecule has 1 aromatic rings. The van der Waals surface area contributed by atoms with Gasteiger partial charge in [0.15, 0.2) is 0 Å². The van der Waals surface area contributed by atoms with Crippen molar-refractivity contribution >= 4 is 23.2 Å². The van der Waals surface area contributed by atoms with E-state index in [0.717, 1.165) is 5.75 Å². The summed E-state index contributed by atoms with van der Waals surface area (Å²) in [5, 5.41) is 0. The molecule has 0 spiro atoms. The Labute approximate surface area is 100 Å². The fourth-order valence-corrected chi connectivity index (χ4v) is 2.99. The van der Waals surface area contributed by atoms with Crippen molar-refractivity contribution < 1.29 is 4.74 Å². The predicted octanol–water partition coefficient (Wildman–Crippen LogP) is 3.99. The van der Waals surface area contributed by atoms with Crippen LogP contribution < -0.4 is 4.74 Å². The number of rotatable bonds is 2. The van der Waals surface area contributed by atoms with Gasteiger partial charge >= 0.3 is 0 Å². The molecule has 1 atom stereocenters. The molecule has 1 fully saturated rings. The molecule has 82 valence electrons. The molecule has 3 heteroatoms. The highest BCUT2D eigenvalue weighted by atomic mass is 35.5. The first-order valence-electron chi connectivity index (χ1n) is 4.93.